The van der Waals surface area contributed by atoms with E-state index in [4.69, 9.17) is 28.4 Å². The van der Waals surface area contributed by atoms with E-state index in [1.165, 1.54) is 205 Å². The molecule has 2 fully saturated rings. The van der Waals surface area contributed by atoms with Crippen LogP contribution in [0.4, 0.5) is 0 Å². The molecule has 2 aliphatic heterocycles. The van der Waals surface area contributed by atoms with Crippen molar-refractivity contribution in [3.63, 3.8) is 0 Å². The highest BCUT2D eigenvalue weighted by atomic mass is 16.7. The molecule has 11 atom stereocenters. The van der Waals surface area contributed by atoms with E-state index in [0.717, 1.165) is 44.9 Å². The number of ether oxygens (including phenoxy) is 6. The van der Waals surface area contributed by atoms with Crippen molar-refractivity contribution >= 4 is 5.97 Å². The summed E-state index contributed by atoms with van der Waals surface area (Å²) in [6.45, 7) is 3.74. The normalized spacial score (nSPS) is 24.2. The maximum Gasteiger partial charge on any atom is 0.306 e. The van der Waals surface area contributed by atoms with Crippen molar-refractivity contribution in [2.75, 3.05) is 33.0 Å². The van der Waals surface area contributed by atoms with Gasteiger partial charge in [0.1, 0.15) is 54.9 Å². The number of hydrogen-bond acceptors (Lipinski definition) is 14. The molecule has 0 aromatic carbocycles. The number of allylic oxidation sites excluding steroid dienone is 4. The van der Waals surface area contributed by atoms with Gasteiger partial charge in [-0.1, -0.05) is 250 Å². The lowest BCUT2D eigenvalue weighted by Crippen LogP contribution is -2.61. The number of carbonyl (C=O) groups is 1. The average molecular weight is 1110 g/mol. The Bertz CT molecular complexity index is 1380. The van der Waals surface area contributed by atoms with Gasteiger partial charge in [0, 0.05) is 13.0 Å². The van der Waals surface area contributed by atoms with Crippen LogP contribution in [0.2, 0.25) is 0 Å². The summed E-state index contributed by atoms with van der Waals surface area (Å²) in [5.41, 5.74) is 0. The second-order valence-electron chi connectivity index (χ2n) is 22.9. The van der Waals surface area contributed by atoms with Crippen molar-refractivity contribution in [3.8, 4) is 0 Å². The van der Waals surface area contributed by atoms with E-state index in [9.17, 15) is 40.5 Å². The van der Waals surface area contributed by atoms with Gasteiger partial charge >= 0.3 is 5.97 Å². The molecule has 0 aromatic rings. The molecule has 0 spiro atoms. The summed E-state index contributed by atoms with van der Waals surface area (Å²) in [7, 11) is 0. The van der Waals surface area contributed by atoms with Gasteiger partial charge in [0.25, 0.3) is 0 Å². The number of rotatable bonds is 54. The minimum absolute atomic E-state index is 0.0658. The topological polar surface area (TPSA) is 214 Å². The first-order valence-corrected chi connectivity index (χ1v) is 32.4. The second-order valence-corrected chi connectivity index (χ2v) is 22.9. The number of esters is 1. The van der Waals surface area contributed by atoms with Crippen molar-refractivity contribution in [2.45, 2.75) is 345 Å². The lowest BCUT2D eigenvalue weighted by molar-refractivity contribution is -0.332. The first-order valence-electron chi connectivity index (χ1n) is 32.4. The summed E-state index contributed by atoms with van der Waals surface area (Å²) < 4.78 is 34.5. The number of unbranched alkanes of at least 4 members (excludes halogenated alkanes) is 36. The van der Waals surface area contributed by atoms with Crippen molar-refractivity contribution in [3.05, 3.63) is 24.3 Å². The van der Waals surface area contributed by atoms with Crippen LogP contribution in [0.25, 0.3) is 0 Å². The molecule has 11 unspecified atom stereocenters. The van der Waals surface area contributed by atoms with Gasteiger partial charge in [-0.15, -0.1) is 0 Å². The van der Waals surface area contributed by atoms with Crippen LogP contribution >= 0.6 is 0 Å². The minimum atomic E-state index is -1.70. The smallest absolute Gasteiger partial charge is 0.306 e. The van der Waals surface area contributed by atoms with E-state index in [1.807, 2.05) is 0 Å². The molecule has 0 amide bonds. The Morgan fingerprint density at radius 2 is 0.795 bits per heavy atom. The molecule has 14 heteroatoms. The zero-order valence-corrected chi connectivity index (χ0v) is 49.7. The summed E-state index contributed by atoms with van der Waals surface area (Å²) in [6.07, 6.45) is 43.8. The first-order chi connectivity index (χ1) is 38.1. The third-order valence-corrected chi connectivity index (χ3v) is 15.7. The summed E-state index contributed by atoms with van der Waals surface area (Å²) >= 11 is 0. The predicted octanol–water partition coefficient (Wildman–Crippen LogP) is 12.7. The quantitative estimate of drug-likeness (QED) is 0.0172. The van der Waals surface area contributed by atoms with Gasteiger partial charge in [0.15, 0.2) is 12.6 Å². The zero-order valence-electron chi connectivity index (χ0n) is 49.7. The standard InChI is InChI=1S/C64H120O14/c1-3-5-7-9-11-13-15-17-19-21-23-25-26-27-28-30-32-34-36-38-40-42-44-46-48-73-50-53(76-56(66)47-45-43-41-39-37-35-33-31-29-24-22-20-18-16-14-12-10-8-6-4-2)51-74-63-62(72)60(70)58(68)55(78-63)52-75-64-61(71)59(69)57(67)54(49-65)77-64/h15,17,21,23,53-55,57-65,67-72H,3-14,16,18-20,22,24-52H2,1-2H3/b17-15-,23-21-. The van der Waals surface area contributed by atoms with E-state index >= 15 is 0 Å². The van der Waals surface area contributed by atoms with Gasteiger partial charge in [0.05, 0.1) is 26.4 Å². The van der Waals surface area contributed by atoms with E-state index in [-0.39, 0.29) is 25.6 Å². The third-order valence-electron chi connectivity index (χ3n) is 15.7. The Balaban J connectivity index is 1.66. The average Bonchev–Trinajstić information content (AvgIpc) is 3.45. The minimum Gasteiger partial charge on any atom is -0.457 e. The molecule has 14 nitrogen and oxygen atoms in total. The lowest BCUT2D eigenvalue weighted by Gasteiger charge is -2.42. The summed E-state index contributed by atoms with van der Waals surface area (Å²) in [4.78, 5) is 13.1. The van der Waals surface area contributed by atoms with Crippen molar-refractivity contribution < 1.29 is 69.0 Å². The van der Waals surface area contributed by atoms with E-state index in [0.29, 0.717) is 13.0 Å². The molecule has 7 N–H and O–H groups in total. The molecule has 0 radical (unpaired) electrons. The molecule has 460 valence electrons. The van der Waals surface area contributed by atoms with Crippen LogP contribution in [-0.4, -0.2) is 142 Å². The molecule has 0 aliphatic carbocycles. The maximum atomic E-state index is 13.1. The molecule has 2 rings (SSSR count). The van der Waals surface area contributed by atoms with Crippen LogP contribution in [0.15, 0.2) is 24.3 Å². The van der Waals surface area contributed by atoms with E-state index < -0.39 is 80.7 Å². The highest BCUT2D eigenvalue weighted by Crippen LogP contribution is 2.27. The van der Waals surface area contributed by atoms with Crippen molar-refractivity contribution in [1.29, 1.82) is 0 Å². The fourth-order valence-electron chi connectivity index (χ4n) is 10.5. The first kappa shape index (κ1) is 72.6. The van der Waals surface area contributed by atoms with Crippen LogP contribution < -0.4 is 0 Å². The third kappa shape index (κ3) is 36.8. The monoisotopic (exact) mass is 1110 g/mol. The summed E-state index contributed by atoms with van der Waals surface area (Å²) in [5, 5.41) is 72.5. The molecule has 2 aliphatic rings. The highest BCUT2D eigenvalue weighted by molar-refractivity contribution is 5.69. The number of hydrogen-bond donors (Lipinski definition) is 7. The molecule has 0 saturated carbocycles. The molecule has 0 bridgehead atoms. The van der Waals surface area contributed by atoms with Gasteiger partial charge in [-0.25, -0.2) is 0 Å². The Labute approximate surface area is 475 Å². The van der Waals surface area contributed by atoms with Crippen LogP contribution in [0, 0.1) is 0 Å². The lowest BCUT2D eigenvalue weighted by atomic mass is 9.98. The number of aliphatic hydroxyl groups excluding tert-OH is 7. The van der Waals surface area contributed by atoms with Crippen LogP contribution in [-0.2, 0) is 33.2 Å². The number of aliphatic hydroxyl groups is 7. The Morgan fingerprint density at radius 1 is 0.423 bits per heavy atom. The SMILES string of the molecule is CCCCCCC/C=C\C/C=C\CCCCCCCCCCCCCCOCC(COC1OC(COC2OC(CO)C(O)C(O)C2O)C(O)C(O)C1O)OC(=O)CCCCCCCCCCCCCCCCCCCCCC. The largest absolute Gasteiger partial charge is 0.457 e. The van der Waals surface area contributed by atoms with Gasteiger partial charge in [-0.2, -0.15) is 0 Å². The Morgan fingerprint density at radius 3 is 1.23 bits per heavy atom. The fourth-order valence-corrected chi connectivity index (χ4v) is 10.5. The molecular weight excluding hydrogens is 993 g/mol. The van der Waals surface area contributed by atoms with Gasteiger partial charge in [-0.05, 0) is 44.9 Å². The van der Waals surface area contributed by atoms with Gasteiger partial charge in [-0.3, -0.25) is 4.79 Å². The van der Waals surface area contributed by atoms with Gasteiger partial charge in [0.2, 0.25) is 0 Å². The van der Waals surface area contributed by atoms with Crippen molar-refractivity contribution in [2.24, 2.45) is 0 Å². The Kier molecular flexibility index (Phi) is 47.6. The fraction of sp³-hybridized carbons (Fsp3) is 0.922. The van der Waals surface area contributed by atoms with Crippen LogP contribution in [0.3, 0.4) is 0 Å². The molecule has 2 saturated heterocycles. The molecule has 0 aromatic heterocycles. The van der Waals surface area contributed by atoms with Crippen LogP contribution in [0.5, 0.6) is 0 Å². The second kappa shape index (κ2) is 51.1. The van der Waals surface area contributed by atoms with E-state index in [1.54, 1.807) is 0 Å². The maximum absolute atomic E-state index is 13.1. The highest BCUT2D eigenvalue weighted by Gasteiger charge is 2.47. The molecular formula is C64H120O14. The molecule has 2 heterocycles. The zero-order chi connectivity index (χ0) is 56.5. The van der Waals surface area contributed by atoms with E-state index in [2.05, 4.69) is 38.2 Å². The molecule has 78 heavy (non-hydrogen) atoms. The summed E-state index contributed by atoms with van der Waals surface area (Å²) in [5.74, 6) is -0.369. The van der Waals surface area contributed by atoms with Crippen LogP contribution in [0.1, 0.15) is 277 Å². The summed E-state index contributed by atoms with van der Waals surface area (Å²) in [6, 6.07) is 0. The van der Waals surface area contributed by atoms with Gasteiger partial charge < -0.3 is 64.2 Å². The number of carbonyl (C=O) groups excluding carboxylic acids is 1. The Hall–Kier alpha value is -1.53. The van der Waals surface area contributed by atoms with Crippen molar-refractivity contribution in [1.82, 2.24) is 0 Å². The predicted molar refractivity (Wildman–Crippen MR) is 312 cm³/mol.